The molecule has 0 spiro atoms. The predicted octanol–water partition coefficient (Wildman–Crippen LogP) is 3.99. The first-order valence-corrected chi connectivity index (χ1v) is 6.50. The molecule has 0 radical (unpaired) electrons. The van der Waals surface area contributed by atoms with E-state index in [-0.39, 0.29) is 0 Å². The molecular weight excluding hydrogens is 262 g/mol. The first-order valence-electron chi connectivity index (χ1n) is 6.12. The highest BCUT2D eigenvalue weighted by molar-refractivity contribution is 6.30. The van der Waals surface area contributed by atoms with Crippen molar-refractivity contribution >= 4 is 11.6 Å². The van der Waals surface area contributed by atoms with Gasteiger partial charge in [-0.1, -0.05) is 23.7 Å². The van der Waals surface area contributed by atoms with Crippen LogP contribution >= 0.6 is 11.6 Å². The van der Waals surface area contributed by atoms with Crippen molar-refractivity contribution in [2.45, 2.75) is 13.5 Å². The summed E-state index contributed by atoms with van der Waals surface area (Å²) in [5, 5.41) is 0.644. The Labute approximate surface area is 117 Å². The number of para-hydroxylation sites is 2. The van der Waals surface area contributed by atoms with Crippen LogP contribution in [0.15, 0.2) is 42.5 Å². The average molecular weight is 278 g/mol. The minimum Gasteiger partial charge on any atom is -0.490 e. The van der Waals surface area contributed by atoms with Crippen molar-refractivity contribution in [1.29, 1.82) is 0 Å². The zero-order valence-electron chi connectivity index (χ0n) is 10.7. The van der Waals surface area contributed by atoms with Gasteiger partial charge in [0.05, 0.1) is 6.61 Å². The summed E-state index contributed by atoms with van der Waals surface area (Å²) in [6, 6.07) is 12.9. The van der Waals surface area contributed by atoms with Gasteiger partial charge in [0, 0.05) is 17.1 Å². The van der Waals surface area contributed by atoms with Crippen molar-refractivity contribution in [2.24, 2.45) is 5.73 Å². The Balaban J connectivity index is 2.30. The number of benzene rings is 2. The van der Waals surface area contributed by atoms with Crippen LogP contribution in [-0.4, -0.2) is 6.61 Å². The van der Waals surface area contributed by atoms with Crippen LogP contribution in [0.3, 0.4) is 0 Å². The second kappa shape index (κ2) is 6.45. The molecule has 2 aromatic carbocycles. The molecule has 2 N–H and O–H groups in total. The van der Waals surface area contributed by atoms with Crippen molar-refractivity contribution in [3.63, 3.8) is 0 Å². The molecule has 0 heterocycles. The fraction of sp³-hybridized carbons (Fsp3) is 0.200. The minimum atomic E-state index is 0.368. The van der Waals surface area contributed by atoms with Gasteiger partial charge in [-0.25, -0.2) is 0 Å². The molecule has 4 heteroatoms. The SMILES string of the molecule is CCOc1ccccc1Oc1ccc(Cl)cc1CN. The number of hydrogen-bond acceptors (Lipinski definition) is 3. The third kappa shape index (κ3) is 3.40. The summed E-state index contributed by atoms with van der Waals surface area (Å²) < 4.78 is 11.4. The lowest BCUT2D eigenvalue weighted by molar-refractivity contribution is 0.321. The number of rotatable bonds is 5. The largest absolute Gasteiger partial charge is 0.490 e. The highest BCUT2D eigenvalue weighted by atomic mass is 35.5. The molecule has 19 heavy (non-hydrogen) atoms. The molecule has 0 aromatic heterocycles. The van der Waals surface area contributed by atoms with Crippen LogP contribution in [0.2, 0.25) is 5.02 Å². The Morgan fingerprint density at radius 2 is 1.79 bits per heavy atom. The zero-order chi connectivity index (χ0) is 13.7. The highest BCUT2D eigenvalue weighted by Crippen LogP contribution is 2.33. The Hall–Kier alpha value is -1.71. The third-order valence-corrected chi connectivity index (χ3v) is 2.85. The van der Waals surface area contributed by atoms with Crippen molar-refractivity contribution in [1.82, 2.24) is 0 Å². The number of ether oxygens (including phenoxy) is 2. The molecule has 0 amide bonds. The molecule has 0 atom stereocenters. The molecule has 0 aliphatic rings. The highest BCUT2D eigenvalue weighted by Gasteiger charge is 2.08. The summed E-state index contributed by atoms with van der Waals surface area (Å²) in [4.78, 5) is 0. The lowest BCUT2D eigenvalue weighted by Crippen LogP contribution is -2.00. The fourth-order valence-electron chi connectivity index (χ4n) is 1.73. The van der Waals surface area contributed by atoms with E-state index in [2.05, 4.69) is 0 Å². The van der Waals surface area contributed by atoms with Gasteiger partial charge >= 0.3 is 0 Å². The molecule has 0 saturated carbocycles. The summed E-state index contributed by atoms with van der Waals surface area (Å²) in [5.41, 5.74) is 6.56. The van der Waals surface area contributed by atoms with E-state index in [9.17, 15) is 0 Å². The van der Waals surface area contributed by atoms with Gasteiger partial charge in [-0.15, -0.1) is 0 Å². The van der Waals surface area contributed by atoms with Crippen molar-refractivity contribution in [2.75, 3.05) is 6.61 Å². The van der Waals surface area contributed by atoms with Gasteiger partial charge in [0.1, 0.15) is 5.75 Å². The molecular formula is C15H16ClNO2. The van der Waals surface area contributed by atoms with Crippen molar-refractivity contribution in [3.8, 4) is 17.2 Å². The molecule has 100 valence electrons. The molecule has 3 nitrogen and oxygen atoms in total. The molecule has 0 aliphatic carbocycles. The number of hydrogen-bond donors (Lipinski definition) is 1. The summed E-state index contributed by atoms with van der Waals surface area (Å²) in [5.74, 6) is 2.07. The van der Waals surface area contributed by atoms with E-state index in [1.54, 1.807) is 12.1 Å². The normalized spacial score (nSPS) is 10.3. The Bertz CT molecular complexity index is 558. The first kappa shape index (κ1) is 13.7. The van der Waals surface area contributed by atoms with E-state index in [1.165, 1.54) is 0 Å². The van der Waals surface area contributed by atoms with Crippen LogP contribution in [0.25, 0.3) is 0 Å². The zero-order valence-corrected chi connectivity index (χ0v) is 11.5. The first-order chi connectivity index (χ1) is 9.24. The topological polar surface area (TPSA) is 44.5 Å². The molecule has 0 aliphatic heterocycles. The Morgan fingerprint density at radius 3 is 2.47 bits per heavy atom. The maximum Gasteiger partial charge on any atom is 0.169 e. The van der Waals surface area contributed by atoms with Gasteiger partial charge < -0.3 is 15.2 Å². The van der Waals surface area contributed by atoms with Crippen molar-refractivity contribution in [3.05, 3.63) is 53.1 Å². The second-order valence-corrected chi connectivity index (χ2v) is 4.37. The van der Waals surface area contributed by atoms with E-state index in [0.29, 0.717) is 35.4 Å². The molecule has 2 rings (SSSR count). The summed E-state index contributed by atoms with van der Waals surface area (Å²) in [7, 11) is 0. The number of halogens is 1. The van der Waals surface area contributed by atoms with Crippen LogP contribution in [0, 0.1) is 0 Å². The number of nitrogens with two attached hydrogens (primary N) is 1. The third-order valence-electron chi connectivity index (χ3n) is 2.61. The molecule has 0 unspecified atom stereocenters. The van der Waals surface area contributed by atoms with E-state index in [0.717, 1.165) is 5.56 Å². The van der Waals surface area contributed by atoms with E-state index in [1.807, 2.05) is 37.3 Å². The van der Waals surface area contributed by atoms with Gasteiger partial charge in [-0.3, -0.25) is 0 Å². The molecule has 0 bridgehead atoms. The smallest absolute Gasteiger partial charge is 0.169 e. The van der Waals surface area contributed by atoms with Gasteiger partial charge in [-0.05, 0) is 37.3 Å². The maximum atomic E-state index is 5.94. The average Bonchev–Trinajstić information content (AvgIpc) is 2.43. The van der Waals surface area contributed by atoms with E-state index in [4.69, 9.17) is 26.8 Å². The second-order valence-electron chi connectivity index (χ2n) is 3.94. The summed E-state index contributed by atoms with van der Waals surface area (Å²) >= 11 is 5.94. The van der Waals surface area contributed by atoms with Gasteiger partial charge in [-0.2, -0.15) is 0 Å². The van der Waals surface area contributed by atoms with Gasteiger partial charge in [0.25, 0.3) is 0 Å². The fourth-order valence-corrected chi connectivity index (χ4v) is 1.93. The van der Waals surface area contributed by atoms with E-state index >= 15 is 0 Å². The quantitative estimate of drug-likeness (QED) is 0.899. The van der Waals surface area contributed by atoms with Gasteiger partial charge in [0.15, 0.2) is 11.5 Å². The summed E-state index contributed by atoms with van der Waals surface area (Å²) in [6.45, 7) is 2.89. The summed E-state index contributed by atoms with van der Waals surface area (Å²) in [6.07, 6.45) is 0. The maximum absolute atomic E-state index is 5.94. The van der Waals surface area contributed by atoms with Crippen LogP contribution in [0.1, 0.15) is 12.5 Å². The lowest BCUT2D eigenvalue weighted by Gasteiger charge is -2.13. The molecule has 2 aromatic rings. The van der Waals surface area contributed by atoms with Crippen LogP contribution in [0.4, 0.5) is 0 Å². The standard InChI is InChI=1S/C15H16ClNO2/c1-2-18-14-5-3-4-6-15(14)19-13-8-7-12(16)9-11(13)10-17/h3-9H,2,10,17H2,1H3. The monoisotopic (exact) mass is 277 g/mol. The Kier molecular flexibility index (Phi) is 4.66. The van der Waals surface area contributed by atoms with E-state index < -0.39 is 0 Å². The van der Waals surface area contributed by atoms with Crippen molar-refractivity contribution < 1.29 is 9.47 Å². The molecule has 0 saturated heterocycles. The Morgan fingerprint density at radius 1 is 1.05 bits per heavy atom. The molecule has 0 fully saturated rings. The van der Waals surface area contributed by atoms with Crippen LogP contribution in [-0.2, 0) is 6.54 Å². The van der Waals surface area contributed by atoms with Gasteiger partial charge in [0.2, 0.25) is 0 Å². The minimum absolute atomic E-state index is 0.368. The lowest BCUT2D eigenvalue weighted by atomic mass is 10.2. The van der Waals surface area contributed by atoms with Crippen LogP contribution < -0.4 is 15.2 Å². The van der Waals surface area contributed by atoms with Crippen LogP contribution in [0.5, 0.6) is 17.2 Å². The predicted molar refractivity (Wildman–Crippen MR) is 77.0 cm³/mol.